The Balaban J connectivity index is 0.000000217. The molecule has 0 spiro atoms. The highest BCUT2D eigenvalue weighted by molar-refractivity contribution is 7.99. The van der Waals surface area contributed by atoms with Crippen molar-refractivity contribution in [2.45, 2.75) is 154 Å². The standard InChI is InChI=1S/C30H45F3N6O2S.C26H31F3N4O3S.C23H29ClF3N5O3S/c1-20-16-24(27(41-6)18-26(20)38-12-14-39(15-13-38)29(2,3)4)36-28-34-19-22(30(31,32)33)23(35-28)17-21-10-9-11-25(21)37(5)42(7,8)40;1-6-10-30-24(34)19-13-23(36-3)22(11-16(19)2)33-25-31-14-20(26(27,28)29)21(32-25)12-17-8-7-9-18(17)15-37(4,5)35;1-28-21(33)14-10-20(35-2)19(11-16(14)24)31-22-29-12-15(23(25,26)27)18(30-22)9-13-7-5-6-8-17(13)32-36(3,4)34/h16,18-19,21,25H,7,9-15,17H2,1-6,8H3,(H,34,35,36);1,11,13-14,17-18H,4,7-10,12,15H2,2-3,5H3,(H,30,34)(H,31,32,33);10-13,17H,3,5-9H2,1-2,4H3,(H,28,33)(H,32,34)(H,29,30,31)/t21-,25+,42?;17-,18-,37?;13-,17+,36?/m000/s1. The fourth-order valence-electron chi connectivity index (χ4n) is 15.2. The molecular formula is C79H105ClF9N15O8S3. The largest absolute Gasteiger partial charge is 0.495 e. The Morgan fingerprint density at radius 2 is 1.03 bits per heavy atom. The lowest BCUT2D eigenvalue weighted by molar-refractivity contribution is -0.139. The smallest absolute Gasteiger partial charge is 0.419 e. The van der Waals surface area contributed by atoms with E-state index in [1.165, 1.54) is 45.7 Å². The third-order valence-corrected chi connectivity index (χ3v) is 24.7. The number of hydrogen-bond acceptors (Lipinski definition) is 19. The van der Waals surface area contributed by atoms with Crippen LogP contribution < -0.4 is 50.4 Å². The van der Waals surface area contributed by atoms with Gasteiger partial charge in [-0.1, -0.05) is 43.2 Å². The number of anilines is 7. The molecule has 0 bridgehead atoms. The van der Waals surface area contributed by atoms with Crippen LogP contribution in [0.3, 0.4) is 0 Å². The summed E-state index contributed by atoms with van der Waals surface area (Å²) in [5.41, 5.74) is 1.54. The number of piperazine rings is 1. The summed E-state index contributed by atoms with van der Waals surface area (Å²) in [7, 11) is 0.267. The molecule has 6 aromatic rings. The van der Waals surface area contributed by atoms with Gasteiger partial charge in [-0.15, -0.1) is 6.42 Å². The summed E-state index contributed by atoms with van der Waals surface area (Å²) in [6.45, 7) is 14.1. The van der Waals surface area contributed by atoms with Crippen molar-refractivity contribution in [1.29, 1.82) is 0 Å². The number of methoxy groups -OCH3 is 3. The molecule has 3 unspecified atom stereocenters. The van der Waals surface area contributed by atoms with E-state index in [0.717, 1.165) is 107 Å². The number of hydrogen-bond donors (Lipinski definition) is 6. The van der Waals surface area contributed by atoms with Crippen molar-refractivity contribution in [3.05, 3.63) is 116 Å². The first-order valence-electron chi connectivity index (χ1n) is 37.4. The molecule has 115 heavy (non-hydrogen) atoms. The van der Waals surface area contributed by atoms with Gasteiger partial charge < -0.3 is 45.7 Å². The van der Waals surface area contributed by atoms with Crippen LogP contribution in [-0.4, -0.2) is 191 Å². The Kier molecular flexibility index (Phi) is 30.7. The zero-order valence-electron chi connectivity index (χ0n) is 67.1. The molecule has 10 rings (SSSR count). The van der Waals surface area contributed by atoms with Gasteiger partial charge in [0, 0.05) is 131 Å². The first-order chi connectivity index (χ1) is 53.6. The number of alkyl halides is 9. The van der Waals surface area contributed by atoms with Gasteiger partial charge in [0.1, 0.15) is 17.2 Å². The lowest BCUT2D eigenvalue weighted by atomic mass is 9.81. The second-order valence-corrected chi connectivity index (χ2v) is 38.7. The Hall–Kier alpha value is -8.40. The number of ether oxygens (including phenoxy) is 3. The van der Waals surface area contributed by atoms with Crippen molar-refractivity contribution in [2.75, 3.05) is 114 Å². The van der Waals surface area contributed by atoms with Gasteiger partial charge >= 0.3 is 18.5 Å². The van der Waals surface area contributed by atoms with Crippen molar-refractivity contribution in [1.82, 2.24) is 54.5 Å². The quantitative estimate of drug-likeness (QED) is 0.0177. The van der Waals surface area contributed by atoms with Crippen molar-refractivity contribution in [3.63, 3.8) is 0 Å². The number of halogens is 10. The number of aryl methyl sites for hydroxylation is 2. The van der Waals surface area contributed by atoms with Crippen molar-refractivity contribution in [2.24, 2.45) is 23.7 Å². The predicted octanol–water partition coefficient (Wildman–Crippen LogP) is 13.8. The normalized spacial score (nSPS) is 20.4. The Bertz CT molecular complexity index is 4850. The van der Waals surface area contributed by atoms with E-state index >= 15 is 0 Å². The van der Waals surface area contributed by atoms with Gasteiger partial charge in [-0.2, -0.15) is 39.5 Å². The van der Waals surface area contributed by atoms with E-state index in [1.54, 1.807) is 44.0 Å². The van der Waals surface area contributed by atoms with E-state index in [4.69, 9.17) is 32.2 Å². The van der Waals surface area contributed by atoms with E-state index < -0.39 is 70.1 Å². The summed E-state index contributed by atoms with van der Waals surface area (Å²) >= 11 is 6.23. The van der Waals surface area contributed by atoms with E-state index in [9.17, 15) is 61.7 Å². The number of carbonyl (C=O) groups excluding carboxylic acids is 2. The molecule has 1 aliphatic heterocycles. The van der Waals surface area contributed by atoms with Gasteiger partial charge in [-0.25, -0.2) is 38.9 Å². The highest BCUT2D eigenvalue weighted by Crippen LogP contribution is 2.44. The maximum atomic E-state index is 14.0. The maximum Gasteiger partial charge on any atom is 0.419 e. The van der Waals surface area contributed by atoms with Crippen molar-refractivity contribution < 1.29 is 75.9 Å². The van der Waals surface area contributed by atoms with Crippen LogP contribution in [0.5, 0.6) is 17.2 Å². The predicted molar refractivity (Wildman–Crippen MR) is 441 cm³/mol. The summed E-state index contributed by atoms with van der Waals surface area (Å²) in [5, 5.41) is 14.1. The molecule has 36 heteroatoms. The maximum absolute atomic E-state index is 14.0. The monoisotopic (exact) mass is 1690 g/mol. The molecule has 0 radical (unpaired) electrons. The van der Waals surface area contributed by atoms with Gasteiger partial charge in [-0.05, 0) is 192 Å². The molecule has 632 valence electrons. The molecule has 1 saturated heterocycles. The van der Waals surface area contributed by atoms with Gasteiger partial charge in [0.2, 0.25) is 17.8 Å². The number of nitrogens with one attached hydrogen (secondary N) is 6. The van der Waals surface area contributed by atoms with Gasteiger partial charge in [0.05, 0.1) is 89.3 Å². The van der Waals surface area contributed by atoms with Gasteiger partial charge in [0.25, 0.3) is 11.8 Å². The first-order valence-corrected chi connectivity index (χ1v) is 44.3. The molecule has 2 amide bonds. The van der Waals surface area contributed by atoms with Crippen LogP contribution in [0.2, 0.25) is 5.02 Å². The van der Waals surface area contributed by atoms with E-state index in [1.807, 2.05) is 19.1 Å². The van der Waals surface area contributed by atoms with Crippen LogP contribution in [0.1, 0.15) is 151 Å². The summed E-state index contributed by atoms with van der Waals surface area (Å²) in [4.78, 5) is 53.8. The van der Waals surface area contributed by atoms with Gasteiger partial charge in [0.15, 0.2) is 0 Å². The Labute approximate surface area is 674 Å². The number of aromatic nitrogens is 6. The summed E-state index contributed by atoms with van der Waals surface area (Å²) < 4.78 is 183. The van der Waals surface area contributed by atoms with Crippen LogP contribution in [0, 0.1) is 49.9 Å². The number of nitrogens with zero attached hydrogens (tertiary/aromatic N) is 9. The van der Waals surface area contributed by atoms with E-state index in [2.05, 4.69) is 115 Å². The lowest BCUT2D eigenvalue weighted by Gasteiger charge is -2.43. The molecule has 3 aliphatic carbocycles. The SMILES string of the molecule is C#CCNC(=O)c1cc(OC)c(Nc2ncc(C(F)(F)F)c(C[C@@H]3CCC[C@H]3CS(=C)(C)=O)n2)cc1C.C=S(C)(=O)N(C)[C@@H]1CCC[C@H]1Cc1nc(Nc2cc(C)c(N3CCN(C(C)(C)C)CC3)cc2OC)ncc1C(F)(F)F.C=S(C)(=O)N[C@@H]1CCCC[C@H]1Cc1nc(Nc2cc(Cl)c(C(=O)NC)cc2OC)ncc1C(F)(F)F. The van der Waals surface area contributed by atoms with Crippen LogP contribution in [-0.2, 0) is 66.7 Å². The first kappa shape index (κ1) is 92.1. The number of terminal acetylenes is 1. The second kappa shape index (κ2) is 38.3. The number of benzene rings is 3. The van der Waals surface area contributed by atoms with Crippen LogP contribution in [0.25, 0.3) is 0 Å². The Morgan fingerprint density at radius 1 is 0.600 bits per heavy atom. The molecule has 4 fully saturated rings. The molecule has 23 nitrogen and oxygen atoms in total. The average molecular weight is 1700 g/mol. The van der Waals surface area contributed by atoms with Crippen LogP contribution in [0.4, 0.5) is 80.1 Å². The highest BCUT2D eigenvalue weighted by Gasteiger charge is 2.42. The minimum absolute atomic E-state index is 0.0206. The third kappa shape index (κ3) is 25.3. The molecule has 3 aromatic carbocycles. The highest BCUT2D eigenvalue weighted by atomic mass is 35.5. The number of amides is 2. The summed E-state index contributed by atoms with van der Waals surface area (Å²) in [6.07, 6.45) is 6.38. The second-order valence-electron chi connectivity index (χ2n) is 30.8. The minimum Gasteiger partial charge on any atom is -0.495 e. The zero-order valence-corrected chi connectivity index (χ0v) is 70.3. The Morgan fingerprint density at radius 3 is 1.50 bits per heavy atom. The molecular weight excluding hydrogens is 1590 g/mol. The zero-order chi connectivity index (χ0) is 85.1. The fourth-order valence-corrected chi connectivity index (χ4v) is 18.6. The molecule has 4 aliphatic rings. The molecule has 9 atom stereocenters. The number of rotatable bonds is 25. The van der Waals surface area contributed by atoms with Gasteiger partial charge in [-0.3, -0.25) is 27.1 Å². The topological polar surface area (TPSA) is 272 Å². The van der Waals surface area contributed by atoms with Crippen LogP contribution in [0.15, 0.2) is 55.0 Å². The summed E-state index contributed by atoms with van der Waals surface area (Å²) in [5.74, 6) is 13.7. The average Bonchev–Trinajstić information content (AvgIpc) is 1.52. The molecule has 3 saturated carbocycles. The van der Waals surface area contributed by atoms with E-state index in [-0.39, 0.29) is 136 Å². The molecule has 3 aromatic heterocycles. The molecule has 4 heterocycles. The van der Waals surface area contributed by atoms with Crippen molar-refractivity contribution in [3.8, 4) is 29.6 Å². The lowest BCUT2D eigenvalue weighted by Crippen LogP contribution is -2.53. The third-order valence-electron chi connectivity index (χ3n) is 21.0. The fraction of sp³-hybridized carbons (Fsp3) is 0.532. The van der Waals surface area contributed by atoms with Crippen LogP contribution >= 0.6 is 11.6 Å². The summed E-state index contributed by atoms with van der Waals surface area (Å²) in [6, 6.07) is 9.49. The van der Waals surface area contributed by atoms with E-state index in [0.29, 0.717) is 46.8 Å². The minimum atomic E-state index is -4.65. The number of carbonyl (C=O) groups is 2. The van der Waals surface area contributed by atoms with Crippen molar-refractivity contribution >= 4 is 111 Å². The molecule has 6 N–H and O–H groups in total.